The molecule has 100 valence electrons. The van der Waals surface area contributed by atoms with Crippen LogP contribution in [0.1, 0.15) is 26.3 Å². The average molecular weight is 269 g/mol. The van der Waals surface area contributed by atoms with Crippen LogP contribution >= 0.6 is 0 Å². The molecule has 1 heterocycles. The maximum absolute atomic E-state index is 9.08. The SMILES string of the molecule is CC1=[N+](C)c2ccccc2C1(C)C.CS(=O)(=O)[O-]. The van der Waals surface area contributed by atoms with E-state index in [-0.39, 0.29) is 5.41 Å². The second-order valence-electron chi connectivity index (χ2n) is 4.99. The van der Waals surface area contributed by atoms with Crippen molar-refractivity contribution in [3.63, 3.8) is 0 Å². The standard InChI is InChI=1S/C12H16N.CH4O3S/c1-9-12(2,3)10-7-5-6-8-11(10)13(9)4;1-5(2,3)4/h5-8H,1-4H3;1H3,(H,2,3,4)/q+1;/p-1. The molecule has 4 nitrogen and oxygen atoms in total. The van der Waals surface area contributed by atoms with Gasteiger partial charge in [0.25, 0.3) is 0 Å². The first kappa shape index (κ1) is 14.9. The molecule has 0 aliphatic carbocycles. The van der Waals surface area contributed by atoms with Gasteiger partial charge in [0.15, 0.2) is 5.71 Å². The number of nitrogens with zero attached hydrogens (tertiary/aromatic N) is 1. The van der Waals surface area contributed by atoms with Crippen molar-refractivity contribution in [1.82, 2.24) is 0 Å². The van der Waals surface area contributed by atoms with Crippen LogP contribution in [-0.2, 0) is 15.5 Å². The second kappa shape index (κ2) is 4.82. The molecule has 1 aromatic carbocycles. The summed E-state index contributed by atoms with van der Waals surface area (Å²) in [6.07, 6.45) is 0.604. The third-order valence-corrected chi connectivity index (χ3v) is 3.35. The first-order valence-corrected chi connectivity index (χ1v) is 7.45. The topological polar surface area (TPSA) is 60.2 Å². The Morgan fingerprint density at radius 3 is 2.11 bits per heavy atom. The fraction of sp³-hybridized carbons (Fsp3) is 0.462. The molecule has 1 aliphatic rings. The highest BCUT2D eigenvalue weighted by molar-refractivity contribution is 7.84. The van der Waals surface area contributed by atoms with Gasteiger partial charge in [-0.2, -0.15) is 0 Å². The summed E-state index contributed by atoms with van der Waals surface area (Å²) >= 11 is 0. The predicted molar refractivity (Wildman–Crippen MR) is 71.6 cm³/mol. The Morgan fingerprint density at radius 2 is 1.67 bits per heavy atom. The highest BCUT2D eigenvalue weighted by Crippen LogP contribution is 2.38. The van der Waals surface area contributed by atoms with Crippen molar-refractivity contribution in [2.24, 2.45) is 0 Å². The summed E-state index contributed by atoms with van der Waals surface area (Å²) in [7, 11) is -1.77. The van der Waals surface area contributed by atoms with Crippen molar-refractivity contribution < 1.29 is 17.5 Å². The summed E-state index contributed by atoms with van der Waals surface area (Å²) in [6, 6.07) is 8.63. The monoisotopic (exact) mass is 269 g/mol. The first-order valence-electron chi connectivity index (χ1n) is 5.63. The normalized spacial score (nSPS) is 17.0. The van der Waals surface area contributed by atoms with Gasteiger partial charge in [-0.15, -0.1) is 0 Å². The molecule has 1 aliphatic heterocycles. The van der Waals surface area contributed by atoms with Crippen LogP contribution < -0.4 is 0 Å². The summed E-state index contributed by atoms with van der Waals surface area (Å²) < 4.78 is 29.5. The Morgan fingerprint density at radius 1 is 1.22 bits per heavy atom. The van der Waals surface area contributed by atoms with Crippen LogP contribution in [0.25, 0.3) is 0 Å². The van der Waals surface area contributed by atoms with E-state index in [0.717, 1.165) is 0 Å². The molecule has 2 rings (SSSR count). The van der Waals surface area contributed by atoms with E-state index < -0.39 is 10.1 Å². The fourth-order valence-corrected chi connectivity index (χ4v) is 2.09. The molecule has 0 radical (unpaired) electrons. The summed E-state index contributed by atoms with van der Waals surface area (Å²) in [5.74, 6) is 0. The average Bonchev–Trinajstić information content (AvgIpc) is 2.40. The van der Waals surface area contributed by atoms with E-state index in [9.17, 15) is 0 Å². The lowest BCUT2D eigenvalue weighted by Gasteiger charge is -2.14. The van der Waals surface area contributed by atoms with Gasteiger partial charge in [0.1, 0.15) is 7.05 Å². The summed E-state index contributed by atoms with van der Waals surface area (Å²) in [6.45, 7) is 6.77. The lowest BCUT2D eigenvalue weighted by atomic mass is 9.82. The van der Waals surface area contributed by atoms with Gasteiger partial charge in [-0.25, -0.2) is 13.0 Å². The number of hydrogen-bond donors (Lipinski definition) is 0. The molecule has 0 saturated carbocycles. The highest BCUT2D eigenvalue weighted by atomic mass is 32.2. The largest absolute Gasteiger partial charge is 0.748 e. The Bertz CT molecular complexity index is 578. The fourth-order valence-electron chi connectivity index (χ4n) is 2.09. The van der Waals surface area contributed by atoms with Crippen molar-refractivity contribution >= 4 is 21.5 Å². The van der Waals surface area contributed by atoms with Gasteiger partial charge >= 0.3 is 0 Å². The maximum Gasteiger partial charge on any atom is 0.209 e. The predicted octanol–water partition coefficient (Wildman–Crippen LogP) is 1.87. The van der Waals surface area contributed by atoms with E-state index in [4.69, 9.17) is 13.0 Å². The minimum atomic E-state index is -3.92. The van der Waals surface area contributed by atoms with Crippen molar-refractivity contribution in [3.05, 3.63) is 29.8 Å². The maximum atomic E-state index is 9.08. The number of fused-ring (bicyclic) bond motifs is 1. The van der Waals surface area contributed by atoms with Crippen molar-refractivity contribution in [2.45, 2.75) is 26.2 Å². The number of hydrogen-bond acceptors (Lipinski definition) is 3. The molecule has 0 bridgehead atoms. The molecular formula is C13H19NO3S. The lowest BCUT2D eigenvalue weighted by Crippen LogP contribution is -2.25. The van der Waals surface area contributed by atoms with Gasteiger partial charge in [0.2, 0.25) is 5.69 Å². The van der Waals surface area contributed by atoms with Gasteiger partial charge in [-0.1, -0.05) is 18.2 Å². The van der Waals surface area contributed by atoms with E-state index >= 15 is 0 Å². The minimum absolute atomic E-state index is 0.200. The smallest absolute Gasteiger partial charge is 0.209 e. The Labute approximate surface area is 109 Å². The molecule has 1 aromatic rings. The molecule has 5 heteroatoms. The quantitative estimate of drug-likeness (QED) is 0.533. The molecule has 0 unspecified atom stereocenters. The molecule has 0 amide bonds. The van der Waals surface area contributed by atoms with Crippen LogP contribution in [0.3, 0.4) is 0 Å². The van der Waals surface area contributed by atoms with Gasteiger partial charge in [-0.3, -0.25) is 0 Å². The molecule has 0 atom stereocenters. The minimum Gasteiger partial charge on any atom is -0.748 e. The Kier molecular flexibility index (Phi) is 3.98. The van der Waals surface area contributed by atoms with Crippen LogP contribution in [0.2, 0.25) is 0 Å². The summed E-state index contributed by atoms with van der Waals surface area (Å²) in [4.78, 5) is 0. The summed E-state index contributed by atoms with van der Waals surface area (Å²) in [5.41, 5.74) is 4.42. The third-order valence-electron chi connectivity index (χ3n) is 3.35. The van der Waals surface area contributed by atoms with Crippen LogP contribution in [0.5, 0.6) is 0 Å². The van der Waals surface area contributed by atoms with E-state index in [0.29, 0.717) is 6.26 Å². The van der Waals surface area contributed by atoms with Crippen LogP contribution in [-0.4, -0.2) is 36.6 Å². The Balaban J connectivity index is 0.000000280. The molecular weight excluding hydrogens is 250 g/mol. The number of benzene rings is 1. The highest BCUT2D eigenvalue weighted by Gasteiger charge is 2.40. The molecule has 0 fully saturated rings. The number of para-hydroxylation sites is 1. The number of rotatable bonds is 0. The second-order valence-corrected chi connectivity index (χ2v) is 6.40. The molecule has 0 saturated heterocycles. The van der Waals surface area contributed by atoms with Gasteiger partial charge in [0.05, 0.1) is 15.5 Å². The zero-order valence-corrected chi connectivity index (χ0v) is 12.2. The van der Waals surface area contributed by atoms with Crippen LogP contribution in [0.15, 0.2) is 24.3 Å². The molecule has 0 spiro atoms. The van der Waals surface area contributed by atoms with E-state index in [1.807, 2.05) is 0 Å². The van der Waals surface area contributed by atoms with E-state index in [2.05, 4.69) is 56.7 Å². The van der Waals surface area contributed by atoms with Crippen LogP contribution in [0, 0.1) is 0 Å². The molecule has 0 N–H and O–H groups in total. The summed E-state index contributed by atoms with van der Waals surface area (Å²) in [5, 5.41) is 0. The van der Waals surface area contributed by atoms with E-state index in [1.54, 1.807) is 0 Å². The lowest BCUT2D eigenvalue weighted by molar-refractivity contribution is -0.403. The van der Waals surface area contributed by atoms with Crippen LogP contribution in [0.4, 0.5) is 5.69 Å². The Hall–Kier alpha value is -1.20. The van der Waals surface area contributed by atoms with Crippen molar-refractivity contribution in [3.8, 4) is 0 Å². The van der Waals surface area contributed by atoms with Gasteiger partial charge in [0, 0.05) is 24.8 Å². The third kappa shape index (κ3) is 3.17. The first-order chi connectivity index (χ1) is 8.05. The van der Waals surface area contributed by atoms with Gasteiger partial charge < -0.3 is 4.55 Å². The van der Waals surface area contributed by atoms with Crippen molar-refractivity contribution in [2.75, 3.05) is 13.3 Å². The van der Waals surface area contributed by atoms with Crippen molar-refractivity contribution in [1.29, 1.82) is 0 Å². The zero-order valence-electron chi connectivity index (χ0n) is 11.4. The zero-order chi connectivity index (χ0) is 14.1. The van der Waals surface area contributed by atoms with Gasteiger partial charge in [-0.05, 0) is 13.8 Å². The molecule has 18 heavy (non-hydrogen) atoms. The van der Waals surface area contributed by atoms with E-state index in [1.165, 1.54) is 17.0 Å². The molecule has 0 aromatic heterocycles.